The highest BCUT2D eigenvalue weighted by Gasteiger charge is 2.25. The molecule has 5 heteroatoms. The Hall–Kier alpha value is -1.33. The Morgan fingerprint density at radius 3 is 3.00 bits per heavy atom. The molecule has 1 aliphatic rings. The molecule has 0 saturated carbocycles. The second-order valence-corrected chi connectivity index (χ2v) is 6.04. The Kier molecular flexibility index (Phi) is 3.81. The zero-order valence-electron chi connectivity index (χ0n) is 11.2. The van der Waals surface area contributed by atoms with Gasteiger partial charge in [0.15, 0.2) is 0 Å². The zero-order chi connectivity index (χ0) is 14.1. The molecule has 0 fully saturated rings. The average molecular weight is 294 g/mol. The molecule has 2 aromatic rings. The number of benzene rings is 1. The Bertz CT molecular complexity index is 624. The predicted octanol–water partition coefficient (Wildman–Crippen LogP) is 4.08. The number of rotatable bonds is 3. The molecule has 1 atom stereocenters. The van der Waals surface area contributed by atoms with Gasteiger partial charge in [0.2, 0.25) is 0 Å². The molecule has 0 saturated heterocycles. The van der Waals surface area contributed by atoms with Gasteiger partial charge in [-0.05, 0) is 37.9 Å². The van der Waals surface area contributed by atoms with Crippen molar-refractivity contribution < 1.29 is 8.78 Å². The largest absolute Gasteiger partial charge is 0.309 e. The summed E-state index contributed by atoms with van der Waals surface area (Å²) in [5, 5.41) is 4.07. The van der Waals surface area contributed by atoms with Crippen LogP contribution in [0.4, 0.5) is 8.78 Å². The van der Waals surface area contributed by atoms with Crippen molar-refractivity contribution in [3.05, 3.63) is 40.4 Å². The third kappa shape index (κ3) is 2.47. The van der Waals surface area contributed by atoms with Gasteiger partial charge in [-0.25, -0.2) is 13.8 Å². The number of fused-ring (bicyclic) bond motifs is 1. The SMILES string of the molecule is CCNC1CCCc2sc(-c3ccc(F)cc3F)nc21. The number of nitrogens with zero attached hydrogens (tertiary/aromatic N) is 1. The summed E-state index contributed by atoms with van der Waals surface area (Å²) in [4.78, 5) is 5.83. The molecule has 0 aliphatic heterocycles. The third-order valence-electron chi connectivity index (χ3n) is 3.57. The number of hydrogen-bond acceptors (Lipinski definition) is 3. The molecular weight excluding hydrogens is 278 g/mol. The maximum absolute atomic E-state index is 13.9. The van der Waals surface area contributed by atoms with Crippen molar-refractivity contribution in [2.75, 3.05) is 6.54 Å². The molecule has 1 heterocycles. The summed E-state index contributed by atoms with van der Waals surface area (Å²) in [5.41, 5.74) is 1.43. The summed E-state index contributed by atoms with van der Waals surface area (Å²) >= 11 is 1.52. The monoisotopic (exact) mass is 294 g/mol. The summed E-state index contributed by atoms with van der Waals surface area (Å²) in [6.07, 6.45) is 3.19. The molecule has 1 aliphatic carbocycles. The minimum Gasteiger partial charge on any atom is -0.309 e. The fourth-order valence-corrected chi connectivity index (χ4v) is 3.83. The van der Waals surface area contributed by atoms with Gasteiger partial charge in [0, 0.05) is 16.5 Å². The third-order valence-corrected chi connectivity index (χ3v) is 4.73. The lowest BCUT2D eigenvalue weighted by Crippen LogP contribution is -2.24. The van der Waals surface area contributed by atoms with Gasteiger partial charge in [0.1, 0.15) is 16.6 Å². The number of thiazole rings is 1. The molecule has 0 amide bonds. The minimum absolute atomic E-state index is 0.261. The second-order valence-electron chi connectivity index (χ2n) is 4.95. The van der Waals surface area contributed by atoms with Crippen LogP contribution in [-0.2, 0) is 6.42 Å². The first-order valence-electron chi connectivity index (χ1n) is 6.87. The summed E-state index contributed by atoms with van der Waals surface area (Å²) in [6.45, 7) is 2.96. The highest BCUT2D eigenvalue weighted by atomic mass is 32.1. The van der Waals surface area contributed by atoms with Gasteiger partial charge in [-0.2, -0.15) is 0 Å². The number of nitrogens with one attached hydrogen (secondary N) is 1. The first-order valence-corrected chi connectivity index (χ1v) is 7.69. The molecule has 1 aromatic heterocycles. The predicted molar refractivity (Wildman–Crippen MR) is 76.8 cm³/mol. The first-order chi connectivity index (χ1) is 9.69. The van der Waals surface area contributed by atoms with Crippen LogP contribution in [0.5, 0.6) is 0 Å². The van der Waals surface area contributed by atoms with Crippen molar-refractivity contribution >= 4 is 11.3 Å². The van der Waals surface area contributed by atoms with Gasteiger partial charge >= 0.3 is 0 Å². The van der Waals surface area contributed by atoms with Crippen LogP contribution in [0.25, 0.3) is 10.6 Å². The van der Waals surface area contributed by atoms with Crippen molar-refractivity contribution in [1.82, 2.24) is 10.3 Å². The molecule has 1 N–H and O–H groups in total. The standard InChI is InChI=1S/C15H16F2N2S/c1-2-18-12-4-3-5-13-14(12)19-15(20-13)10-7-6-9(16)8-11(10)17/h6-8,12,18H,2-5H2,1H3. The summed E-state index contributed by atoms with van der Waals surface area (Å²) in [6, 6.07) is 3.92. The average Bonchev–Trinajstić information content (AvgIpc) is 2.83. The van der Waals surface area contributed by atoms with Gasteiger partial charge in [0.05, 0.1) is 11.7 Å². The Labute approximate surface area is 120 Å². The van der Waals surface area contributed by atoms with Crippen molar-refractivity contribution in [3.8, 4) is 10.6 Å². The summed E-state index contributed by atoms with van der Waals surface area (Å²) in [7, 11) is 0. The zero-order valence-corrected chi connectivity index (χ0v) is 12.1. The molecule has 20 heavy (non-hydrogen) atoms. The molecule has 3 rings (SSSR count). The van der Waals surface area contributed by atoms with Crippen LogP contribution < -0.4 is 5.32 Å². The second kappa shape index (κ2) is 5.58. The van der Waals surface area contributed by atoms with E-state index in [1.165, 1.54) is 28.3 Å². The molecule has 1 aromatic carbocycles. The normalized spacial score (nSPS) is 18.1. The van der Waals surface area contributed by atoms with Crippen LogP contribution in [0.1, 0.15) is 36.4 Å². The summed E-state index contributed by atoms with van der Waals surface area (Å²) < 4.78 is 26.8. The van der Waals surface area contributed by atoms with Crippen LogP contribution >= 0.6 is 11.3 Å². The topological polar surface area (TPSA) is 24.9 Å². The van der Waals surface area contributed by atoms with E-state index in [1.807, 2.05) is 0 Å². The molecule has 2 nitrogen and oxygen atoms in total. The fourth-order valence-electron chi connectivity index (χ4n) is 2.64. The van der Waals surface area contributed by atoms with E-state index in [2.05, 4.69) is 17.2 Å². The van der Waals surface area contributed by atoms with E-state index in [0.717, 1.165) is 37.6 Å². The van der Waals surface area contributed by atoms with Gasteiger partial charge in [-0.1, -0.05) is 6.92 Å². The van der Waals surface area contributed by atoms with E-state index in [-0.39, 0.29) is 6.04 Å². The number of hydrogen-bond donors (Lipinski definition) is 1. The fraction of sp³-hybridized carbons (Fsp3) is 0.400. The van der Waals surface area contributed by atoms with E-state index in [1.54, 1.807) is 0 Å². The van der Waals surface area contributed by atoms with Gasteiger partial charge in [0.25, 0.3) is 0 Å². The smallest absolute Gasteiger partial charge is 0.136 e. The van der Waals surface area contributed by atoms with Crippen LogP contribution in [-0.4, -0.2) is 11.5 Å². The van der Waals surface area contributed by atoms with Gasteiger partial charge in [-0.3, -0.25) is 0 Å². The van der Waals surface area contributed by atoms with E-state index in [4.69, 9.17) is 0 Å². The first kappa shape index (κ1) is 13.6. The van der Waals surface area contributed by atoms with E-state index < -0.39 is 11.6 Å². The lowest BCUT2D eigenvalue weighted by atomic mass is 9.97. The van der Waals surface area contributed by atoms with Gasteiger partial charge < -0.3 is 5.32 Å². The molecule has 0 bridgehead atoms. The lowest BCUT2D eigenvalue weighted by molar-refractivity contribution is 0.465. The Morgan fingerprint density at radius 1 is 1.40 bits per heavy atom. The Morgan fingerprint density at radius 2 is 2.25 bits per heavy atom. The molecular formula is C15H16F2N2S. The minimum atomic E-state index is -0.557. The molecule has 106 valence electrons. The number of aromatic nitrogens is 1. The molecule has 0 radical (unpaired) electrons. The van der Waals surface area contributed by atoms with E-state index >= 15 is 0 Å². The number of aryl methyl sites for hydroxylation is 1. The van der Waals surface area contributed by atoms with Crippen LogP contribution in [0.2, 0.25) is 0 Å². The van der Waals surface area contributed by atoms with Crippen molar-refractivity contribution in [2.45, 2.75) is 32.2 Å². The highest BCUT2D eigenvalue weighted by molar-refractivity contribution is 7.15. The molecule has 1 unspecified atom stereocenters. The van der Waals surface area contributed by atoms with E-state index in [9.17, 15) is 8.78 Å². The Balaban J connectivity index is 2.00. The van der Waals surface area contributed by atoms with Crippen molar-refractivity contribution in [3.63, 3.8) is 0 Å². The van der Waals surface area contributed by atoms with Crippen LogP contribution in [0.3, 0.4) is 0 Å². The quantitative estimate of drug-likeness (QED) is 0.923. The maximum atomic E-state index is 13.9. The van der Waals surface area contributed by atoms with Crippen LogP contribution in [0, 0.1) is 11.6 Å². The number of halogens is 2. The van der Waals surface area contributed by atoms with Crippen LogP contribution in [0.15, 0.2) is 18.2 Å². The maximum Gasteiger partial charge on any atom is 0.136 e. The summed E-state index contributed by atoms with van der Waals surface area (Å²) in [5.74, 6) is -1.10. The van der Waals surface area contributed by atoms with Crippen molar-refractivity contribution in [2.24, 2.45) is 0 Å². The van der Waals surface area contributed by atoms with Crippen molar-refractivity contribution in [1.29, 1.82) is 0 Å². The highest BCUT2D eigenvalue weighted by Crippen LogP contribution is 2.37. The van der Waals surface area contributed by atoms with E-state index in [0.29, 0.717) is 10.6 Å². The molecule has 0 spiro atoms. The van der Waals surface area contributed by atoms with Gasteiger partial charge in [-0.15, -0.1) is 11.3 Å². The lowest BCUT2D eigenvalue weighted by Gasteiger charge is -2.21.